The Kier molecular flexibility index (Phi) is 9.65. The summed E-state index contributed by atoms with van der Waals surface area (Å²) in [5.41, 5.74) is 20.8. The Morgan fingerprint density at radius 2 is 0.781 bits per heavy atom. The Labute approximate surface area is 425 Å². The maximum absolute atomic E-state index is 2.53. The van der Waals surface area contributed by atoms with Crippen LogP contribution in [-0.4, -0.2) is 9.13 Å². The van der Waals surface area contributed by atoms with Gasteiger partial charge in [0.05, 0.1) is 39.1 Å². The van der Waals surface area contributed by atoms with Gasteiger partial charge in [-0.15, -0.1) is 0 Å². The van der Waals surface area contributed by atoms with Crippen molar-refractivity contribution in [2.75, 3.05) is 9.80 Å². The van der Waals surface area contributed by atoms with E-state index in [1.165, 1.54) is 87.8 Å². The molecule has 0 aliphatic carbocycles. The van der Waals surface area contributed by atoms with Crippen molar-refractivity contribution in [3.63, 3.8) is 0 Å². The Morgan fingerprint density at radius 1 is 0.342 bits per heavy atom. The van der Waals surface area contributed by atoms with E-state index in [-0.39, 0.29) is 5.41 Å². The molecule has 0 fully saturated rings. The maximum atomic E-state index is 2.53. The predicted octanol–water partition coefficient (Wildman–Crippen LogP) is 18.9. The summed E-state index contributed by atoms with van der Waals surface area (Å²) >= 11 is 0. The van der Waals surface area contributed by atoms with E-state index in [4.69, 9.17) is 0 Å². The molecule has 0 radical (unpaired) electrons. The molecule has 0 saturated carbocycles. The van der Waals surface area contributed by atoms with Crippen molar-refractivity contribution in [1.29, 1.82) is 0 Å². The van der Waals surface area contributed by atoms with Gasteiger partial charge in [-0.1, -0.05) is 159 Å². The Hall–Kier alpha value is -9.12. The first-order valence-electron chi connectivity index (χ1n) is 25.4. The molecular weight excluding hydrogens is 885 g/mol. The normalized spacial score (nSPS) is 13.0. The molecule has 0 spiro atoms. The number of anilines is 6. The van der Waals surface area contributed by atoms with E-state index >= 15 is 0 Å². The highest BCUT2D eigenvalue weighted by Crippen LogP contribution is 2.54. The molecule has 0 atom stereocenters. The van der Waals surface area contributed by atoms with Crippen LogP contribution in [0.25, 0.3) is 76.9 Å². The molecule has 14 rings (SSSR count). The average Bonchev–Trinajstić information content (AvgIpc) is 3.94. The van der Waals surface area contributed by atoms with Crippen LogP contribution in [0.1, 0.15) is 36.1 Å². The second-order valence-electron chi connectivity index (χ2n) is 20.4. The van der Waals surface area contributed by atoms with E-state index in [0.717, 1.165) is 45.5 Å². The number of aromatic nitrogens is 2. The zero-order valence-electron chi connectivity index (χ0n) is 41.4. The molecule has 2 aromatic heterocycles. The maximum Gasteiger partial charge on any atom is 0.0546 e. The summed E-state index contributed by atoms with van der Waals surface area (Å²) in [7, 11) is 0. The van der Waals surface area contributed by atoms with E-state index in [0.29, 0.717) is 0 Å². The number of fused-ring (bicyclic) bond motifs is 9. The lowest BCUT2D eigenvalue weighted by atomic mass is 9.73. The minimum atomic E-state index is -0.315. The van der Waals surface area contributed by atoms with Crippen LogP contribution in [0.4, 0.5) is 34.1 Å². The summed E-state index contributed by atoms with van der Waals surface area (Å²) in [4.78, 5) is 4.99. The molecule has 4 heteroatoms. The number of benzene rings is 11. The highest BCUT2D eigenvalue weighted by Gasteiger charge is 2.38. The molecule has 0 N–H and O–H groups in total. The first-order chi connectivity index (χ1) is 35.8. The monoisotopic (exact) mass is 936 g/mol. The van der Waals surface area contributed by atoms with Crippen LogP contribution >= 0.6 is 0 Å². The van der Waals surface area contributed by atoms with Crippen LogP contribution in [0.15, 0.2) is 243 Å². The number of aryl methyl sites for hydroxylation is 2. The van der Waals surface area contributed by atoms with Gasteiger partial charge >= 0.3 is 0 Å². The summed E-state index contributed by atoms with van der Waals surface area (Å²) in [6.45, 7) is 9.18. The predicted molar refractivity (Wildman–Crippen MR) is 309 cm³/mol. The summed E-state index contributed by atoms with van der Waals surface area (Å²) < 4.78 is 4.89. The molecule has 0 amide bonds. The van der Waals surface area contributed by atoms with Crippen molar-refractivity contribution in [1.82, 2.24) is 9.13 Å². The van der Waals surface area contributed by atoms with Crippen molar-refractivity contribution < 1.29 is 0 Å². The van der Waals surface area contributed by atoms with Crippen molar-refractivity contribution in [3.05, 3.63) is 265 Å². The molecule has 3 heterocycles. The van der Waals surface area contributed by atoms with Crippen molar-refractivity contribution in [2.45, 2.75) is 33.1 Å². The fourth-order valence-electron chi connectivity index (χ4n) is 12.2. The first-order valence-corrected chi connectivity index (χ1v) is 25.4. The molecule has 348 valence electrons. The standard InChI is InChI=1S/C69H52N4/c1-45-38-46(2)40-54(39-45)70(66-42-49(47-18-6-5-7-19-47)41-48-20-8-9-21-55(48)66)50-30-32-51(33-31-50)71-67-43-52(72-62-26-14-10-22-56(62)57-23-11-15-27-63(57)72)34-36-60(67)69(3,4)61-37-35-53(44-68(61)71)73-64-28-16-12-24-58(64)59-25-13-17-29-65(59)73/h5-44H,1-4H3. The zero-order valence-corrected chi connectivity index (χ0v) is 41.4. The number of nitrogens with zero attached hydrogens (tertiary/aromatic N) is 4. The fourth-order valence-corrected chi connectivity index (χ4v) is 12.2. The molecule has 11 aromatic carbocycles. The van der Waals surface area contributed by atoms with Crippen LogP contribution < -0.4 is 9.80 Å². The second kappa shape index (κ2) is 16.5. The van der Waals surface area contributed by atoms with Crippen molar-refractivity contribution >= 4 is 88.5 Å². The molecule has 4 nitrogen and oxygen atoms in total. The quantitative estimate of drug-likeness (QED) is 0.158. The van der Waals surface area contributed by atoms with Gasteiger partial charge in [-0.3, -0.25) is 0 Å². The molecule has 1 aliphatic heterocycles. The van der Waals surface area contributed by atoms with E-state index < -0.39 is 0 Å². The number of hydrogen-bond donors (Lipinski definition) is 0. The van der Waals surface area contributed by atoms with Crippen LogP contribution in [0.3, 0.4) is 0 Å². The molecule has 13 aromatic rings. The molecule has 0 unspecified atom stereocenters. The highest BCUT2D eigenvalue weighted by atomic mass is 15.2. The lowest BCUT2D eigenvalue weighted by Gasteiger charge is -2.42. The third-order valence-electron chi connectivity index (χ3n) is 15.5. The Morgan fingerprint density at radius 3 is 1.29 bits per heavy atom. The second-order valence-corrected chi connectivity index (χ2v) is 20.4. The van der Waals surface area contributed by atoms with Crippen LogP contribution in [0.5, 0.6) is 0 Å². The molecule has 0 bridgehead atoms. The first kappa shape index (κ1) is 42.7. The van der Waals surface area contributed by atoms with Gasteiger partial charge < -0.3 is 18.9 Å². The third kappa shape index (κ3) is 6.75. The summed E-state index contributed by atoms with van der Waals surface area (Å²) in [5.74, 6) is 0. The van der Waals surface area contributed by atoms with E-state index in [1.807, 2.05) is 0 Å². The molecule has 73 heavy (non-hydrogen) atoms. The smallest absolute Gasteiger partial charge is 0.0546 e. The summed E-state index contributed by atoms with van der Waals surface area (Å²) in [6.07, 6.45) is 0. The summed E-state index contributed by atoms with van der Waals surface area (Å²) in [6, 6.07) is 90.0. The minimum absolute atomic E-state index is 0.315. The minimum Gasteiger partial charge on any atom is -0.310 e. The van der Waals surface area contributed by atoms with Gasteiger partial charge in [0.15, 0.2) is 0 Å². The fraction of sp³-hybridized carbons (Fsp3) is 0.0725. The third-order valence-corrected chi connectivity index (χ3v) is 15.5. The van der Waals surface area contributed by atoms with E-state index in [2.05, 4.69) is 289 Å². The number of hydrogen-bond acceptors (Lipinski definition) is 2. The van der Waals surface area contributed by atoms with Crippen LogP contribution in [-0.2, 0) is 5.41 Å². The number of rotatable bonds is 7. The van der Waals surface area contributed by atoms with Gasteiger partial charge in [-0.2, -0.15) is 0 Å². The Bertz CT molecular complexity index is 4030. The largest absolute Gasteiger partial charge is 0.310 e. The lowest BCUT2D eigenvalue weighted by molar-refractivity contribution is 0.631. The van der Waals surface area contributed by atoms with Crippen molar-refractivity contribution in [2.24, 2.45) is 0 Å². The van der Waals surface area contributed by atoms with Gasteiger partial charge in [-0.05, 0) is 150 Å². The molecular formula is C69H52N4. The number of para-hydroxylation sites is 4. The lowest BCUT2D eigenvalue weighted by Crippen LogP contribution is -2.31. The Balaban J connectivity index is 1.00. The van der Waals surface area contributed by atoms with Crippen molar-refractivity contribution in [3.8, 4) is 22.5 Å². The zero-order chi connectivity index (χ0) is 49.0. The van der Waals surface area contributed by atoms with Gasteiger partial charge in [0.25, 0.3) is 0 Å². The van der Waals surface area contributed by atoms with Crippen LogP contribution in [0, 0.1) is 13.8 Å². The van der Waals surface area contributed by atoms with E-state index in [9.17, 15) is 0 Å². The van der Waals surface area contributed by atoms with E-state index in [1.54, 1.807) is 0 Å². The van der Waals surface area contributed by atoms with Crippen LogP contribution in [0.2, 0.25) is 0 Å². The topological polar surface area (TPSA) is 16.3 Å². The average molecular weight is 937 g/mol. The van der Waals surface area contributed by atoms with Gasteiger partial charge in [0.1, 0.15) is 0 Å². The molecule has 0 saturated heterocycles. The van der Waals surface area contributed by atoms with Gasteiger partial charge in [-0.25, -0.2) is 0 Å². The summed E-state index contributed by atoms with van der Waals surface area (Å²) in [5, 5.41) is 7.40. The SMILES string of the molecule is Cc1cc(C)cc(N(c2ccc(N3c4cc(-n5c6ccccc6c6ccccc65)ccc4C(C)(C)c4ccc(-n5c6ccccc6c6ccccc65)cc43)cc2)c2cc(-c3ccccc3)cc3ccccc23)c1. The highest BCUT2D eigenvalue weighted by molar-refractivity contribution is 6.11. The van der Waals surface area contributed by atoms with Gasteiger partial charge in [0.2, 0.25) is 0 Å². The van der Waals surface area contributed by atoms with Gasteiger partial charge in [0, 0.05) is 60.8 Å². The molecule has 1 aliphatic rings.